The van der Waals surface area contributed by atoms with Crippen LogP contribution in [0.2, 0.25) is 0 Å². The maximum atomic E-state index is 12.2. The Kier molecular flexibility index (Phi) is 9.16. The lowest BCUT2D eigenvalue weighted by Crippen LogP contribution is -2.48. The van der Waals surface area contributed by atoms with Crippen LogP contribution in [-0.2, 0) is 9.53 Å². The highest BCUT2D eigenvalue weighted by molar-refractivity contribution is 9.10. The first kappa shape index (κ1) is 22.8. The summed E-state index contributed by atoms with van der Waals surface area (Å²) in [4.78, 5) is 24.0. The first-order valence-corrected chi connectivity index (χ1v) is 9.72. The summed E-state index contributed by atoms with van der Waals surface area (Å²) in [6.45, 7) is 7.63. The predicted molar refractivity (Wildman–Crippen MR) is 111 cm³/mol. The van der Waals surface area contributed by atoms with Gasteiger partial charge in [0.15, 0.2) is 0 Å². The minimum Gasteiger partial charge on any atom is -0.444 e. The third-order valence-electron chi connectivity index (χ3n) is 3.43. The van der Waals surface area contributed by atoms with Crippen molar-refractivity contribution >= 4 is 33.6 Å². The fourth-order valence-corrected chi connectivity index (χ4v) is 2.47. The molecule has 0 fully saturated rings. The summed E-state index contributed by atoms with van der Waals surface area (Å²) in [7, 11) is 0. The second-order valence-corrected chi connectivity index (χ2v) is 7.95. The Labute approximate surface area is 169 Å². The normalized spacial score (nSPS) is 11.7. The van der Waals surface area contributed by atoms with Crippen molar-refractivity contribution in [3.8, 4) is 11.8 Å². The lowest BCUT2D eigenvalue weighted by molar-refractivity contribution is -0.123. The van der Waals surface area contributed by atoms with Crippen molar-refractivity contribution in [2.24, 2.45) is 0 Å². The number of rotatable bonds is 6. The molecule has 2 amide bonds. The molecular formula is C20H28BrN3O3. The van der Waals surface area contributed by atoms with E-state index >= 15 is 0 Å². The molecule has 0 heterocycles. The molecule has 0 bridgehead atoms. The van der Waals surface area contributed by atoms with Crippen molar-refractivity contribution in [1.29, 1.82) is 0 Å². The quantitative estimate of drug-likeness (QED) is 0.360. The molecule has 7 heteroatoms. The van der Waals surface area contributed by atoms with Crippen LogP contribution in [0.3, 0.4) is 0 Å². The minimum absolute atomic E-state index is 0.229. The standard InChI is InChI=1S/C20H28BrN3O3/c1-5-17(24-19(26)27-20(2,3)4)18(25)23-12-8-6-7-9-14-13-15(21)10-11-16(14)22/h10-11,13,17H,5-6,8,12,22H2,1-4H3,(H,23,25)(H,24,26)/t17-/m0/s1. The van der Waals surface area contributed by atoms with Gasteiger partial charge in [0, 0.05) is 28.7 Å². The van der Waals surface area contributed by atoms with E-state index in [2.05, 4.69) is 38.4 Å². The summed E-state index contributed by atoms with van der Waals surface area (Å²) in [5.74, 6) is 5.86. The number of hydrogen-bond donors (Lipinski definition) is 3. The molecule has 1 aromatic rings. The van der Waals surface area contributed by atoms with E-state index in [4.69, 9.17) is 10.5 Å². The maximum absolute atomic E-state index is 12.2. The number of ether oxygens (including phenoxy) is 1. The second kappa shape index (κ2) is 10.8. The van der Waals surface area contributed by atoms with Gasteiger partial charge in [0.2, 0.25) is 5.91 Å². The van der Waals surface area contributed by atoms with Crippen LogP contribution < -0.4 is 16.4 Å². The lowest BCUT2D eigenvalue weighted by atomic mass is 10.2. The largest absolute Gasteiger partial charge is 0.444 e. The Morgan fingerprint density at radius 2 is 2.04 bits per heavy atom. The number of alkyl carbamates (subject to hydrolysis) is 1. The van der Waals surface area contributed by atoms with Crippen molar-refractivity contribution in [2.45, 2.75) is 58.6 Å². The van der Waals surface area contributed by atoms with Crippen LogP contribution in [0.15, 0.2) is 22.7 Å². The summed E-state index contributed by atoms with van der Waals surface area (Å²) >= 11 is 3.39. The predicted octanol–water partition coefficient (Wildman–Crippen LogP) is 3.58. The molecule has 1 aromatic carbocycles. The Bertz CT molecular complexity index is 717. The first-order chi connectivity index (χ1) is 12.6. The van der Waals surface area contributed by atoms with E-state index in [1.807, 2.05) is 19.1 Å². The Hall–Kier alpha value is -2.20. The molecule has 0 saturated heterocycles. The lowest BCUT2D eigenvalue weighted by Gasteiger charge is -2.22. The number of amides is 2. The van der Waals surface area contributed by atoms with Gasteiger partial charge in [-0.05, 0) is 51.8 Å². The van der Waals surface area contributed by atoms with Crippen molar-refractivity contribution in [3.63, 3.8) is 0 Å². The second-order valence-electron chi connectivity index (χ2n) is 7.03. The third kappa shape index (κ3) is 9.34. The molecule has 0 spiro atoms. The summed E-state index contributed by atoms with van der Waals surface area (Å²) < 4.78 is 6.10. The van der Waals surface area contributed by atoms with Gasteiger partial charge in [0.05, 0.1) is 0 Å². The fraction of sp³-hybridized carbons (Fsp3) is 0.500. The fourth-order valence-electron chi connectivity index (χ4n) is 2.11. The van der Waals surface area contributed by atoms with Crippen LogP contribution in [-0.4, -0.2) is 30.2 Å². The molecule has 0 aromatic heterocycles. The van der Waals surface area contributed by atoms with Gasteiger partial charge in [0.25, 0.3) is 0 Å². The number of nitrogens with two attached hydrogens (primary N) is 1. The van der Waals surface area contributed by atoms with Gasteiger partial charge in [-0.15, -0.1) is 0 Å². The van der Waals surface area contributed by atoms with E-state index < -0.39 is 17.7 Å². The highest BCUT2D eigenvalue weighted by Crippen LogP contribution is 2.17. The highest BCUT2D eigenvalue weighted by atomic mass is 79.9. The zero-order valence-corrected chi connectivity index (χ0v) is 17.9. The van der Waals surface area contributed by atoms with Gasteiger partial charge in [-0.2, -0.15) is 0 Å². The van der Waals surface area contributed by atoms with Crippen LogP contribution in [0.4, 0.5) is 10.5 Å². The summed E-state index contributed by atoms with van der Waals surface area (Å²) in [5.41, 5.74) is 6.69. The molecule has 1 rings (SSSR count). The molecule has 0 aliphatic carbocycles. The van der Waals surface area contributed by atoms with E-state index in [0.29, 0.717) is 31.5 Å². The number of carbonyl (C=O) groups excluding carboxylic acids is 2. The molecule has 6 nitrogen and oxygen atoms in total. The third-order valence-corrected chi connectivity index (χ3v) is 3.93. The van der Waals surface area contributed by atoms with Crippen molar-refractivity contribution in [3.05, 3.63) is 28.2 Å². The molecule has 148 valence electrons. The molecule has 0 unspecified atom stereocenters. The van der Waals surface area contributed by atoms with Crippen LogP contribution in [0.25, 0.3) is 0 Å². The van der Waals surface area contributed by atoms with Gasteiger partial charge >= 0.3 is 6.09 Å². The average Bonchev–Trinajstić information content (AvgIpc) is 2.56. The number of halogens is 1. The maximum Gasteiger partial charge on any atom is 0.408 e. The van der Waals surface area contributed by atoms with E-state index in [-0.39, 0.29) is 5.91 Å². The van der Waals surface area contributed by atoms with E-state index in [9.17, 15) is 9.59 Å². The summed E-state index contributed by atoms with van der Waals surface area (Å²) in [6, 6.07) is 4.92. The highest BCUT2D eigenvalue weighted by Gasteiger charge is 2.22. The number of unbranched alkanes of at least 4 members (excludes halogenated alkanes) is 1. The van der Waals surface area contributed by atoms with Crippen LogP contribution in [0.1, 0.15) is 52.5 Å². The van der Waals surface area contributed by atoms with Gasteiger partial charge in [-0.1, -0.05) is 34.7 Å². The Morgan fingerprint density at radius 3 is 2.67 bits per heavy atom. The molecule has 0 aliphatic heterocycles. The SMILES string of the molecule is CC[C@H](NC(=O)OC(C)(C)C)C(=O)NCCCC#Cc1cc(Br)ccc1N. The molecule has 0 radical (unpaired) electrons. The van der Waals surface area contributed by atoms with Crippen LogP contribution >= 0.6 is 15.9 Å². The topological polar surface area (TPSA) is 93.4 Å². The first-order valence-electron chi connectivity index (χ1n) is 8.93. The van der Waals surface area contributed by atoms with Gasteiger partial charge in [0.1, 0.15) is 11.6 Å². The molecule has 1 atom stereocenters. The molecule has 0 saturated carbocycles. The van der Waals surface area contributed by atoms with Gasteiger partial charge in [-0.25, -0.2) is 4.79 Å². The van der Waals surface area contributed by atoms with E-state index in [0.717, 1.165) is 10.0 Å². The van der Waals surface area contributed by atoms with Crippen molar-refractivity contribution in [2.75, 3.05) is 12.3 Å². The van der Waals surface area contributed by atoms with Crippen LogP contribution in [0, 0.1) is 11.8 Å². The average molecular weight is 438 g/mol. The number of anilines is 1. The molecule has 4 N–H and O–H groups in total. The monoisotopic (exact) mass is 437 g/mol. The van der Waals surface area contributed by atoms with Crippen LogP contribution in [0.5, 0.6) is 0 Å². The smallest absolute Gasteiger partial charge is 0.408 e. The van der Waals surface area contributed by atoms with E-state index in [1.54, 1.807) is 26.8 Å². The summed E-state index contributed by atoms with van der Waals surface area (Å²) in [5, 5.41) is 5.40. The summed E-state index contributed by atoms with van der Waals surface area (Å²) in [6.07, 6.45) is 1.22. The Balaban J connectivity index is 2.38. The van der Waals surface area contributed by atoms with Crippen molar-refractivity contribution < 1.29 is 14.3 Å². The molecule has 0 aliphatic rings. The minimum atomic E-state index is -0.618. The zero-order valence-electron chi connectivity index (χ0n) is 16.3. The zero-order chi connectivity index (χ0) is 20.4. The molecule has 27 heavy (non-hydrogen) atoms. The van der Waals surface area contributed by atoms with E-state index in [1.165, 1.54) is 0 Å². The number of carbonyl (C=O) groups is 2. The number of benzene rings is 1. The van der Waals surface area contributed by atoms with Gasteiger partial charge < -0.3 is 21.1 Å². The van der Waals surface area contributed by atoms with Crippen molar-refractivity contribution in [1.82, 2.24) is 10.6 Å². The molecular weight excluding hydrogens is 410 g/mol. The Morgan fingerprint density at radius 1 is 1.33 bits per heavy atom. The number of nitrogen functional groups attached to an aromatic ring is 1. The number of hydrogen-bond acceptors (Lipinski definition) is 4. The number of nitrogens with one attached hydrogen (secondary N) is 2. The van der Waals surface area contributed by atoms with Gasteiger partial charge in [-0.3, -0.25) is 4.79 Å².